The van der Waals surface area contributed by atoms with Crippen LogP contribution in [0.1, 0.15) is 15.9 Å². The van der Waals surface area contributed by atoms with Gasteiger partial charge in [-0.1, -0.05) is 11.6 Å². The number of ether oxygens (including phenoxy) is 2. The first-order valence-electron chi connectivity index (χ1n) is 8.40. The Morgan fingerprint density at radius 1 is 1.21 bits per heavy atom. The molecule has 1 aliphatic rings. The SMILES string of the molecule is Cc1cc(OC[C@@H]2CN(C(=O)c3cc(F)c(F)c(F)c3F)CCO2)ccc1Cl. The molecule has 2 aromatic carbocycles. The number of amides is 1. The first-order valence-corrected chi connectivity index (χ1v) is 8.78. The molecule has 1 fully saturated rings. The fourth-order valence-corrected chi connectivity index (χ4v) is 2.92. The number of morpholine rings is 1. The molecular formula is C19H16ClF4NO3. The number of carbonyl (C=O) groups is 1. The van der Waals surface area contributed by atoms with E-state index >= 15 is 0 Å². The summed E-state index contributed by atoms with van der Waals surface area (Å²) in [7, 11) is 0. The second kappa shape index (κ2) is 8.36. The van der Waals surface area contributed by atoms with Crippen LogP contribution in [-0.4, -0.2) is 43.2 Å². The second-order valence-electron chi connectivity index (χ2n) is 6.31. The van der Waals surface area contributed by atoms with Gasteiger partial charge in [0.1, 0.15) is 18.5 Å². The van der Waals surface area contributed by atoms with Gasteiger partial charge < -0.3 is 14.4 Å². The van der Waals surface area contributed by atoms with E-state index in [-0.39, 0.29) is 26.3 Å². The van der Waals surface area contributed by atoms with Gasteiger partial charge in [0.05, 0.1) is 18.7 Å². The number of aryl methyl sites for hydroxylation is 1. The van der Waals surface area contributed by atoms with Crippen molar-refractivity contribution in [2.75, 3.05) is 26.3 Å². The molecule has 1 atom stereocenters. The molecule has 3 rings (SSSR count). The quantitative estimate of drug-likeness (QED) is 0.426. The van der Waals surface area contributed by atoms with Gasteiger partial charge in [0.2, 0.25) is 0 Å². The molecule has 28 heavy (non-hydrogen) atoms. The monoisotopic (exact) mass is 417 g/mol. The van der Waals surface area contributed by atoms with Crippen LogP contribution in [0.15, 0.2) is 24.3 Å². The van der Waals surface area contributed by atoms with Gasteiger partial charge in [0, 0.05) is 11.6 Å². The Labute approximate surface area is 163 Å². The van der Waals surface area contributed by atoms with Crippen molar-refractivity contribution in [3.05, 3.63) is 63.7 Å². The summed E-state index contributed by atoms with van der Waals surface area (Å²) in [6.45, 7) is 2.16. The first-order chi connectivity index (χ1) is 13.3. The molecule has 1 heterocycles. The normalized spacial score (nSPS) is 16.9. The number of nitrogens with zero attached hydrogens (tertiary/aromatic N) is 1. The summed E-state index contributed by atoms with van der Waals surface area (Å²) in [5, 5.41) is 0.596. The average Bonchev–Trinajstić information content (AvgIpc) is 2.69. The highest BCUT2D eigenvalue weighted by Crippen LogP contribution is 2.23. The predicted octanol–water partition coefficient (Wildman–Crippen LogP) is 4.12. The third kappa shape index (κ3) is 4.23. The van der Waals surface area contributed by atoms with Crippen LogP contribution in [0.5, 0.6) is 5.75 Å². The van der Waals surface area contributed by atoms with E-state index in [0.29, 0.717) is 16.8 Å². The second-order valence-corrected chi connectivity index (χ2v) is 6.72. The van der Waals surface area contributed by atoms with E-state index in [1.165, 1.54) is 4.90 Å². The standard InChI is InChI=1S/C19H16ClF4NO3/c1-10-6-11(2-3-14(10)20)28-9-12-8-25(4-5-27-12)19(26)13-7-15(21)17(23)18(24)16(13)22/h2-3,6-7,12H,4-5,8-9H2,1H3/t12-/m0/s1. The van der Waals surface area contributed by atoms with E-state index in [9.17, 15) is 22.4 Å². The zero-order valence-electron chi connectivity index (χ0n) is 14.8. The third-order valence-electron chi connectivity index (χ3n) is 4.32. The lowest BCUT2D eigenvalue weighted by Crippen LogP contribution is -2.48. The highest BCUT2D eigenvalue weighted by Gasteiger charge is 2.30. The Morgan fingerprint density at radius 3 is 2.68 bits per heavy atom. The van der Waals surface area contributed by atoms with Crippen LogP contribution in [0.4, 0.5) is 17.6 Å². The lowest BCUT2D eigenvalue weighted by atomic mass is 10.1. The van der Waals surface area contributed by atoms with Crippen LogP contribution in [0.3, 0.4) is 0 Å². The lowest BCUT2D eigenvalue weighted by molar-refractivity contribution is -0.0402. The molecule has 0 N–H and O–H groups in total. The van der Waals surface area contributed by atoms with Gasteiger partial charge in [0.25, 0.3) is 5.91 Å². The molecule has 0 aliphatic carbocycles. The summed E-state index contributed by atoms with van der Waals surface area (Å²) < 4.78 is 64.9. The summed E-state index contributed by atoms with van der Waals surface area (Å²) in [4.78, 5) is 13.6. The Balaban J connectivity index is 1.67. The van der Waals surface area contributed by atoms with Crippen molar-refractivity contribution in [2.24, 2.45) is 0 Å². The van der Waals surface area contributed by atoms with E-state index in [2.05, 4.69) is 0 Å². The van der Waals surface area contributed by atoms with Crippen molar-refractivity contribution in [3.8, 4) is 5.75 Å². The Bertz CT molecular complexity index is 909. The van der Waals surface area contributed by atoms with Gasteiger partial charge in [-0.2, -0.15) is 0 Å². The molecule has 0 bridgehead atoms. The van der Waals surface area contributed by atoms with E-state index in [4.69, 9.17) is 21.1 Å². The Morgan fingerprint density at radius 2 is 1.96 bits per heavy atom. The minimum atomic E-state index is -2.02. The van der Waals surface area contributed by atoms with Gasteiger partial charge in [-0.05, 0) is 36.8 Å². The molecule has 4 nitrogen and oxygen atoms in total. The highest BCUT2D eigenvalue weighted by atomic mass is 35.5. The molecule has 9 heteroatoms. The molecule has 0 unspecified atom stereocenters. The van der Waals surface area contributed by atoms with Crippen LogP contribution < -0.4 is 4.74 Å². The molecule has 1 aliphatic heterocycles. The Hall–Kier alpha value is -2.32. The molecule has 0 saturated carbocycles. The smallest absolute Gasteiger partial charge is 0.257 e. The number of benzene rings is 2. The van der Waals surface area contributed by atoms with Gasteiger partial charge in [0.15, 0.2) is 23.3 Å². The molecule has 150 valence electrons. The lowest BCUT2D eigenvalue weighted by Gasteiger charge is -2.33. The van der Waals surface area contributed by atoms with E-state index in [1.54, 1.807) is 18.2 Å². The van der Waals surface area contributed by atoms with E-state index < -0.39 is 40.8 Å². The summed E-state index contributed by atoms with van der Waals surface area (Å²) >= 11 is 5.95. The maximum absolute atomic E-state index is 13.9. The van der Waals surface area contributed by atoms with Crippen molar-refractivity contribution in [1.82, 2.24) is 4.90 Å². The summed E-state index contributed by atoms with van der Waals surface area (Å²) in [6.07, 6.45) is -0.535. The van der Waals surface area contributed by atoms with Crippen molar-refractivity contribution >= 4 is 17.5 Å². The fourth-order valence-electron chi connectivity index (χ4n) is 2.80. The summed E-state index contributed by atoms with van der Waals surface area (Å²) in [5.41, 5.74) is -0.0392. The largest absolute Gasteiger partial charge is 0.491 e. The molecular weight excluding hydrogens is 402 g/mol. The van der Waals surface area contributed by atoms with Crippen LogP contribution >= 0.6 is 11.6 Å². The van der Waals surface area contributed by atoms with Crippen LogP contribution in [0.2, 0.25) is 5.02 Å². The number of hydrogen-bond acceptors (Lipinski definition) is 3. The van der Waals surface area contributed by atoms with Gasteiger partial charge in [-0.3, -0.25) is 4.79 Å². The van der Waals surface area contributed by atoms with Crippen molar-refractivity contribution in [3.63, 3.8) is 0 Å². The average molecular weight is 418 g/mol. The van der Waals surface area contributed by atoms with Gasteiger partial charge in [-0.25, -0.2) is 17.6 Å². The van der Waals surface area contributed by atoms with E-state index in [1.807, 2.05) is 6.92 Å². The maximum atomic E-state index is 13.9. The van der Waals surface area contributed by atoms with Crippen molar-refractivity contribution < 1.29 is 31.8 Å². The molecule has 1 saturated heterocycles. The number of rotatable bonds is 4. The van der Waals surface area contributed by atoms with Crippen LogP contribution in [0.25, 0.3) is 0 Å². The molecule has 2 aromatic rings. The number of hydrogen-bond donors (Lipinski definition) is 0. The zero-order valence-corrected chi connectivity index (χ0v) is 15.5. The molecule has 1 amide bonds. The van der Waals surface area contributed by atoms with E-state index in [0.717, 1.165) is 5.56 Å². The molecule has 0 radical (unpaired) electrons. The van der Waals surface area contributed by atoms with Crippen LogP contribution in [-0.2, 0) is 4.74 Å². The molecule has 0 spiro atoms. The van der Waals surface area contributed by atoms with Crippen molar-refractivity contribution in [1.29, 1.82) is 0 Å². The van der Waals surface area contributed by atoms with Crippen molar-refractivity contribution in [2.45, 2.75) is 13.0 Å². The minimum absolute atomic E-state index is 0.0193. The predicted molar refractivity (Wildman–Crippen MR) is 93.6 cm³/mol. The van der Waals surface area contributed by atoms with Gasteiger partial charge >= 0.3 is 0 Å². The number of halogens is 5. The van der Waals surface area contributed by atoms with Gasteiger partial charge in [-0.15, -0.1) is 0 Å². The minimum Gasteiger partial charge on any atom is -0.491 e. The topological polar surface area (TPSA) is 38.8 Å². The van der Waals surface area contributed by atoms with Crippen LogP contribution in [0, 0.1) is 30.2 Å². The third-order valence-corrected chi connectivity index (χ3v) is 4.75. The summed E-state index contributed by atoms with van der Waals surface area (Å²) in [6, 6.07) is 5.46. The summed E-state index contributed by atoms with van der Waals surface area (Å²) in [5.74, 6) is -7.72. The molecule has 0 aromatic heterocycles. The zero-order chi connectivity index (χ0) is 20.4. The Kier molecular flexibility index (Phi) is 6.10. The fraction of sp³-hybridized carbons (Fsp3) is 0.316. The first kappa shape index (κ1) is 20.4. The highest BCUT2D eigenvalue weighted by molar-refractivity contribution is 6.31. The maximum Gasteiger partial charge on any atom is 0.257 e. The number of carbonyl (C=O) groups excluding carboxylic acids is 1.